The number of hydrogen-bond donors (Lipinski definition) is 1. The summed E-state index contributed by atoms with van der Waals surface area (Å²) >= 11 is 1.64. The topological polar surface area (TPSA) is 59.5 Å². The third-order valence-corrected chi connectivity index (χ3v) is 4.23. The Morgan fingerprint density at radius 1 is 1.33 bits per heavy atom. The van der Waals surface area contributed by atoms with Crippen LogP contribution in [0, 0.1) is 5.41 Å². The maximum absolute atomic E-state index is 12.7. The Balaban J connectivity index is 2.16. The van der Waals surface area contributed by atoms with Crippen LogP contribution in [0.4, 0.5) is 0 Å². The molecule has 0 radical (unpaired) electrons. The summed E-state index contributed by atoms with van der Waals surface area (Å²) in [5.74, 6) is 0.716. The van der Waals surface area contributed by atoms with E-state index < -0.39 is 6.04 Å². The first-order valence-electron chi connectivity index (χ1n) is 6.97. The van der Waals surface area contributed by atoms with Crippen molar-refractivity contribution in [3.63, 3.8) is 0 Å². The molecule has 2 N–H and O–H groups in total. The Bertz CT molecular complexity index is 519. The summed E-state index contributed by atoms with van der Waals surface area (Å²) < 4.78 is 5.37. The van der Waals surface area contributed by atoms with E-state index in [1.54, 1.807) is 22.5 Å². The van der Waals surface area contributed by atoms with Gasteiger partial charge in [0, 0.05) is 4.88 Å². The lowest BCUT2D eigenvalue weighted by atomic mass is 9.86. The molecular formula is C16H22N2O2S. The zero-order valence-corrected chi connectivity index (χ0v) is 13.5. The highest BCUT2D eigenvalue weighted by Crippen LogP contribution is 2.22. The molecule has 0 aliphatic carbocycles. The van der Waals surface area contributed by atoms with Gasteiger partial charge in [-0.2, -0.15) is 0 Å². The monoisotopic (exact) mass is 306 g/mol. The molecule has 4 nitrogen and oxygen atoms in total. The van der Waals surface area contributed by atoms with E-state index in [0.717, 1.165) is 10.6 Å². The predicted octanol–water partition coefficient (Wildman–Crippen LogP) is 3.24. The summed E-state index contributed by atoms with van der Waals surface area (Å²) in [6, 6.07) is 7.17. The van der Waals surface area contributed by atoms with E-state index in [1.807, 2.05) is 50.4 Å². The van der Waals surface area contributed by atoms with E-state index in [-0.39, 0.29) is 11.3 Å². The molecule has 2 aromatic rings. The molecule has 0 unspecified atom stereocenters. The van der Waals surface area contributed by atoms with Gasteiger partial charge in [-0.25, -0.2) is 0 Å². The molecule has 5 heteroatoms. The van der Waals surface area contributed by atoms with Crippen molar-refractivity contribution in [3.8, 4) is 0 Å². The van der Waals surface area contributed by atoms with Crippen LogP contribution in [0.5, 0.6) is 0 Å². The minimum atomic E-state index is -0.535. The van der Waals surface area contributed by atoms with Crippen molar-refractivity contribution in [2.75, 3.05) is 0 Å². The summed E-state index contributed by atoms with van der Waals surface area (Å²) in [6.07, 6.45) is 1.62. The van der Waals surface area contributed by atoms with Crippen molar-refractivity contribution < 1.29 is 9.21 Å². The third-order valence-electron chi connectivity index (χ3n) is 3.36. The Labute approximate surface area is 129 Å². The van der Waals surface area contributed by atoms with Crippen molar-refractivity contribution in [1.29, 1.82) is 0 Å². The van der Waals surface area contributed by atoms with Crippen LogP contribution in [-0.4, -0.2) is 16.8 Å². The molecule has 0 saturated carbocycles. The number of nitrogens with zero attached hydrogens (tertiary/aromatic N) is 1. The molecular weight excluding hydrogens is 284 g/mol. The van der Waals surface area contributed by atoms with E-state index in [9.17, 15) is 4.79 Å². The van der Waals surface area contributed by atoms with Gasteiger partial charge >= 0.3 is 0 Å². The summed E-state index contributed by atoms with van der Waals surface area (Å²) in [7, 11) is 0. The SMILES string of the molecule is CC(C)(C)[C@H](N)C(=O)N(Cc1ccco1)Cc1cccs1. The fourth-order valence-electron chi connectivity index (χ4n) is 1.96. The molecule has 0 spiro atoms. The Kier molecular flexibility index (Phi) is 4.85. The molecule has 0 fully saturated rings. The normalized spacial score (nSPS) is 13.1. The maximum Gasteiger partial charge on any atom is 0.240 e. The highest BCUT2D eigenvalue weighted by atomic mass is 32.1. The fraction of sp³-hybridized carbons (Fsp3) is 0.438. The fourth-order valence-corrected chi connectivity index (χ4v) is 2.68. The van der Waals surface area contributed by atoms with E-state index >= 15 is 0 Å². The average Bonchev–Trinajstić information content (AvgIpc) is 3.08. The molecule has 0 aliphatic heterocycles. The van der Waals surface area contributed by atoms with Crippen LogP contribution < -0.4 is 5.73 Å². The number of carbonyl (C=O) groups excluding carboxylic acids is 1. The average molecular weight is 306 g/mol. The minimum Gasteiger partial charge on any atom is -0.467 e. The van der Waals surface area contributed by atoms with Crippen LogP contribution in [-0.2, 0) is 17.9 Å². The summed E-state index contributed by atoms with van der Waals surface area (Å²) in [6.45, 7) is 6.93. The lowest BCUT2D eigenvalue weighted by Gasteiger charge is -2.31. The largest absolute Gasteiger partial charge is 0.467 e. The highest BCUT2D eigenvalue weighted by molar-refractivity contribution is 7.09. The van der Waals surface area contributed by atoms with E-state index in [1.165, 1.54) is 0 Å². The van der Waals surface area contributed by atoms with E-state index in [2.05, 4.69) is 0 Å². The molecule has 1 amide bonds. The zero-order valence-electron chi connectivity index (χ0n) is 12.7. The van der Waals surface area contributed by atoms with Crippen LogP contribution >= 0.6 is 11.3 Å². The number of hydrogen-bond acceptors (Lipinski definition) is 4. The van der Waals surface area contributed by atoms with Gasteiger partial charge in [0.1, 0.15) is 5.76 Å². The first kappa shape index (κ1) is 15.8. The van der Waals surface area contributed by atoms with Gasteiger partial charge in [-0.3, -0.25) is 4.79 Å². The van der Waals surface area contributed by atoms with Gasteiger partial charge in [0.25, 0.3) is 0 Å². The summed E-state index contributed by atoms with van der Waals surface area (Å²) in [5.41, 5.74) is 5.86. The van der Waals surface area contributed by atoms with Crippen molar-refractivity contribution in [1.82, 2.24) is 4.90 Å². The molecule has 0 aromatic carbocycles. The van der Waals surface area contributed by atoms with Crippen molar-refractivity contribution in [2.24, 2.45) is 11.1 Å². The van der Waals surface area contributed by atoms with Crippen LogP contribution in [0.1, 0.15) is 31.4 Å². The number of furan rings is 1. The standard InChI is InChI=1S/C16H22N2O2S/c1-16(2,3)14(17)15(19)18(10-12-6-4-8-20-12)11-13-7-5-9-21-13/h4-9,14H,10-11,17H2,1-3H3/t14-/m1/s1. The molecule has 2 heterocycles. The second-order valence-corrected chi connectivity index (χ2v) is 7.23. The second-order valence-electron chi connectivity index (χ2n) is 6.20. The first-order chi connectivity index (χ1) is 9.88. The third kappa shape index (κ3) is 4.19. The molecule has 0 aliphatic rings. The quantitative estimate of drug-likeness (QED) is 0.922. The van der Waals surface area contributed by atoms with E-state index in [4.69, 9.17) is 10.2 Å². The minimum absolute atomic E-state index is 0.0488. The number of amides is 1. The summed E-state index contributed by atoms with van der Waals surface area (Å²) in [4.78, 5) is 15.6. The smallest absolute Gasteiger partial charge is 0.240 e. The van der Waals surface area contributed by atoms with E-state index in [0.29, 0.717) is 13.1 Å². The molecule has 2 aromatic heterocycles. The van der Waals surface area contributed by atoms with Gasteiger partial charge in [-0.1, -0.05) is 26.8 Å². The predicted molar refractivity (Wildman–Crippen MR) is 84.7 cm³/mol. The lowest BCUT2D eigenvalue weighted by Crippen LogP contribution is -2.49. The van der Waals surface area contributed by atoms with Gasteiger partial charge in [-0.05, 0) is 29.0 Å². The molecule has 0 saturated heterocycles. The van der Waals surface area contributed by atoms with Gasteiger partial charge in [0.15, 0.2) is 0 Å². The molecule has 2 rings (SSSR count). The number of nitrogens with two attached hydrogens (primary N) is 1. The van der Waals surface area contributed by atoms with Crippen LogP contribution in [0.3, 0.4) is 0 Å². The van der Waals surface area contributed by atoms with Crippen molar-refractivity contribution in [3.05, 3.63) is 46.5 Å². The number of rotatable bonds is 5. The molecule has 1 atom stereocenters. The van der Waals surface area contributed by atoms with Crippen LogP contribution in [0.2, 0.25) is 0 Å². The Morgan fingerprint density at radius 3 is 2.62 bits per heavy atom. The number of carbonyl (C=O) groups is 1. The van der Waals surface area contributed by atoms with Crippen LogP contribution in [0.25, 0.3) is 0 Å². The molecule has 114 valence electrons. The van der Waals surface area contributed by atoms with Gasteiger partial charge in [0.05, 0.1) is 25.4 Å². The second kappa shape index (κ2) is 6.45. The Morgan fingerprint density at radius 2 is 2.10 bits per heavy atom. The van der Waals surface area contributed by atoms with Crippen molar-refractivity contribution >= 4 is 17.2 Å². The van der Waals surface area contributed by atoms with Gasteiger partial charge in [0.2, 0.25) is 5.91 Å². The van der Waals surface area contributed by atoms with Crippen molar-refractivity contribution in [2.45, 2.75) is 39.9 Å². The Hall–Kier alpha value is -1.59. The number of thiophene rings is 1. The van der Waals surface area contributed by atoms with Crippen LogP contribution in [0.15, 0.2) is 40.3 Å². The molecule has 21 heavy (non-hydrogen) atoms. The summed E-state index contributed by atoms with van der Waals surface area (Å²) in [5, 5.41) is 2.01. The first-order valence-corrected chi connectivity index (χ1v) is 7.85. The van der Waals surface area contributed by atoms with Gasteiger partial charge < -0.3 is 15.1 Å². The zero-order chi connectivity index (χ0) is 15.5. The molecule has 0 bridgehead atoms. The highest BCUT2D eigenvalue weighted by Gasteiger charge is 2.31. The van der Waals surface area contributed by atoms with Gasteiger partial charge in [-0.15, -0.1) is 11.3 Å². The lowest BCUT2D eigenvalue weighted by molar-refractivity contribution is -0.136. The maximum atomic E-state index is 12.7.